The van der Waals surface area contributed by atoms with Crippen LogP contribution in [-0.2, 0) is 6.54 Å². The van der Waals surface area contributed by atoms with Crippen molar-refractivity contribution >= 4 is 0 Å². The highest BCUT2D eigenvalue weighted by Gasteiger charge is 2.03. The van der Waals surface area contributed by atoms with Gasteiger partial charge in [-0.1, -0.05) is 19.1 Å². The Kier molecular flexibility index (Phi) is 6.16. The summed E-state index contributed by atoms with van der Waals surface area (Å²) in [6.45, 7) is 7.77. The van der Waals surface area contributed by atoms with Gasteiger partial charge in [0, 0.05) is 19.6 Å². The van der Waals surface area contributed by atoms with Crippen LogP contribution in [0.1, 0.15) is 24.5 Å². The van der Waals surface area contributed by atoms with Crippen molar-refractivity contribution < 1.29 is 4.39 Å². The molecule has 0 spiro atoms. The Bertz CT molecular complexity index is 339. The van der Waals surface area contributed by atoms with Crippen LogP contribution in [0.25, 0.3) is 0 Å². The zero-order valence-electron chi connectivity index (χ0n) is 11.1. The van der Waals surface area contributed by atoms with E-state index in [0.717, 1.165) is 38.2 Å². The summed E-state index contributed by atoms with van der Waals surface area (Å²) in [4.78, 5) is 2.20. The van der Waals surface area contributed by atoms with E-state index in [9.17, 15) is 4.39 Å². The Labute approximate surface area is 104 Å². The summed E-state index contributed by atoms with van der Waals surface area (Å²) in [5, 5.41) is 3.36. The van der Waals surface area contributed by atoms with E-state index < -0.39 is 0 Å². The molecule has 1 rings (SSSR count). The summed E-state index contributed by atoms with van der Waals surface area (Å²) in [6, 6.07) is 5.47. The summed E-state index contributed by atoms with van der Waals surface area (Å²) < 4.78 is 13.4. The highest BCUT2D eigenvalue weighted by molar-refractivity contribution is 5.23. The maximum absolute atomic E-state index is 13.4. The fourth-order valence-electron chi connectivity index (χ4n) is 1.70. The number of nitrogens with zero attached hydrogens (tertiary/aromatic N) is 1. The Balaban J connectivity index is 2.34. The van der Waals surface area contributed by atoms with Crippen molar-refractivity contribution in [3.63, 3.8) is 0 Å². The van der Waals surface area contributed by atoms with Crippen molar-refractivity contribution in [3.8, 4) is 0 Å². The number of aryl methyl sites for hydroxylation is 1. The molecule has 0 bridgehead atoms. The van der Waals surface area contributed by atoms with Gasteiger partial charge in [0.05, 0.1) is 0 Å². The summed E-state index contributed by atoms with van der Waals surface area (Å²) in [7, 11) is 2.06. The molecule has 0 amide bonds. The molecule has 0 saturated carbocycles. The normalized spacial score (nSPS) is 11.1. The Morgan fingerprint density at radius 3 is 2.71 bits per heavy atom. The average Bonchev–Trinajstić information content (AvgIpc) is 2.30. The third kappa shape index (κ3) is 5.29. The highest BCUT2D eigenvalue weighted by Crippen LogP contribution is 2.10. The van der Waals surface area contributed by atoms with E-state index in [-0.39, 0.29) is 5.82 Å². The summed E-state index contributed by atoms with van der Waals surface area (Å²) in [6.07, 6.45) is 1.16. The lowest BCUT2D eigenvalue weighted by molar-refractivity contribution is 0.324. The molecule has 0 unspecified atom stereocenters. The summed E-state index contributed by atoms with van der Waals surface area (Å²) in [5.74, 6) is -0.111. The smallest absolute Gasteiger partial charge is 0.126 e. The van der Waals surface area contributed by atoms with E-state index in [0.29, 0.717) is 5.56 Å². The van der Waals surface area contributed by atoms with Crippen LogP contribution in [-0.4, -0.2) is 31.6 Å². The molecule has 96 valence electrons. The molecule has 0 radical (unpaired) electrons. The van der Waals surface area contributed by atoms with Gasteiger partial charge in [0.2, 0.25) is 0 Å². The highest BCUT2D eigenvalue weighted by atomic mass is 19.1. The van der Waals surface area contributed by atoms with Crippen LogP contribution in [0.3, 0.4) is 0 Å². The fraction of sp³-hybridized carbons (Fsp3) is 0.571. The van der Waals surface area contributed by atoms with Crippen molar-refractivity contribution in [1.29, 1.82) is 0 Å². The Morgan fingerprint density at radius 1 is 1.29 bits per heavy atom. The number of rotatable bonds is 7. The van der Waals surface area contributed by atoms with Gasteiger partial charge >= 0.3 is 0 Å². The lowest BCUT2D eigenvalue weighted by Crippen LogP contribution is -2.29. The lowest BCUT2D eigenvalue weighted by atomic mass is 10.1. The largest absolute Gasteiger partial charge is 0.315 e. The quantitative estimate of drug-likeness (QED) is 0.734. The number of nitrogens with one attached hydrogen (secondary N) is 1. The summed E-state index contributed by atoms with van der Waals surface area (Å²) >= 11 is 0. The molecule has 0 aliphatic rings. The lowest BCUT2D eigenvalue weighted by Gasteiger charge is -2.17. The van der Waals surface area contributed by atoms with E-state index in [1.807, 2.05) is 12.1 Å². The molecule has 0 atom stereocenters. The molecular weight excluding hydrogens is 215 g/mol. The maximum atomic E-state index is 13.4. The van der Waals surface area contributed by atoms with E-state index in [2.05, 4.69) is 24.2 Å². The average molecular weight is 238 g/mol. The van der Waals surface area contributed by atoms with Crippen LogP contribution in [0.4, 0.5) is 4.39 Å². The molecule has 0 aromatic heterocycles. The van der Waals surface area contributed by atoms with Crippen molar-refractivity contribution in [3.05, 3.63) is 35.1 Å². The zero-order valence-corrected chi connectivity index (χ0v) is 11.1. The first-order valence-electron chi connectivity index (χ1n) is 6.27. The van der Waals surface area contributed by atoms with Crippen molar-refractivity contribution in [2.45, 2.75) is 26.8 Å². The number of likely N-dealkylation sites (N-methyl/N-ethyl adjacent to an activating group) is 1. The second-order valence-corrected chi connectivity index (χ2v) is 4.57. The molecular formula is C14H23FN2. The minimum Gasteiger partial charge on any atom is -0.315 e. The second kappa shape index (κ2) is 7.41. The molecule has 1 aromatic carbocycles. The van der Waals surface area contributed by atoms with Crippen LogP contribution in [0.2, 0.25) is 0 Å². The van der Waals surface area contributed by atoms with Crippen molar-refractivity contribution in [1.82, 2.24) is 10.2 Å². The van der Waals surface area contributed by atoms with Gasteiger partial charge in [0.1, 0.15) is 5.82 Å². The minimum absolute atomic E-state index is 0.111. The van der Waals surface area contributed by atoms with E-state index in [4.69, 9.17) is 0 Å². The molecule has 0 aliphatic carbocycles. The Morgan fingerprint density at radius 2 is 2.06 bits per heavy atom. The van der Waals surface area contributed by atoms with Gasteiger partial charge in [-0.25, -0.2) is 4.39 Å². The van der Waals surface area contributed by atoms with E-state index in [1.165, 1.54) is 0 Å². The van der Waals surface area contributed by atoms with Gasteiger partial charge < -0.3 is 10.2 Å². The van der Waals surface area contributed by atoms with Crippen LogP contribution in [0.5, 0.6) is 0 Å². The molecule has 2 nitrogen and oxygen atoms in total. The number of hydrogen-bond donors (Lipinski definition) is 1. The molecule has 0 aliphatic heterocycles. The van der Waals surface area contributed by atoms with E-state index >= 15 is 0 Å². The van der Waals surface area contributed by atoms with Gasteiger partial charge in [-0.2, -0.15) is 0 Å². The Hall–Kier alpha value is -0.930. The molecule has 0 saturated heterocycles. The number of hydrogen-bond acceptors (Lipinski definition) is 2. The first kappa shape index (κ1) is 14.1. The fourth-order valence-corrected chi connectivity index (χ4v) is 1.70. The predicted octanol–water partition coefficient (Wildman–Crippen LogP) is 2.57. The van der Waals surface area contributed by atoms with Crippen LogP contribution in [0.15, 0.2) is 18.2 Å². The standard InChI is InChI=1S/C14H23FN2/c1-4-7-16-8-9-17(3)11-13-6-5-12(2)14(15)10-13/h5-6,10,16H,4,7-9,11H2,1-3H3. The van der Waals surface area contributed by atoms with Crippen LogP contribution in [0, 0.1) is 12.7 Å². The van der Waals surface area contributed by atoms with Gasteiger partial charge in [-0.05, 0) is 44.1 Å². The van der Waals surface area contributed by atoms with E-state index in [1.54, 1.807) is 13.0 Å². The summed E-state index contributed by atoms with van der Waals surface area (Å²) in [5.41, 5.74) is 1.74. The SMILES string of the molecule is CCCNCCN(C)Cc1ccc(C)c(F)c1. The van der Waals surface area contributed by atoms with Crippen LogP contribution >= 0.6 is 0 Å². The monoisotopic (exact) mass is 238 g/mol. The molecule has 1 N–H and O–H groups in total. The second-order valence-electron chi connectivity index (χ2n) is 4.57. The zero-order chi connectivity index (χ0) is 12.7. The number of benzene rings is 1. The van der Waals surface area contributed by atoms with Gasteiger partial charge in [-0.15, -0.1) is 0 Å². The maximum Gasteiger partial charge on any atom is 0.126 e. The molecule has 1 aromatic rings. The van der Waals surface area contributed by atoms with Crippen molar-refractivity contribution in [2.24, 2.45) is 0 Å². The first-order valence-corrected chi connectivity index (χ1v) is 6.27. The topological polar surface area (TPSA) is 15.3 Å². The number of halogens is 1. The third-order valence-corrected chi connectivity index (χ3v) is 2.79. The molecule has 17 heavy (non-hydrogen) atoms. The molecule has 0 fully saturated rings. The minimum atomic E-state index is -0.111. The van der Waals surface area contributed by atoms with Crippen molar-refractivity contribution in [2.75, 3.05) is 26.7 Å². The predicted molar refractivity (Wildman–Crippen MR) is 70.6 cm³/mol. The first-order chi connectivity index (χ1) is 8.13. The molecule has 3 heteroatoms. The van der Waals surface area contributed by atoms with Gasteiger partial charge in [0.25, 0.3) is 0 Å². The third-order valence-electron chi connectivity index (χ3n) is 2.79. The van der Waals surface area contributed by atoms with Crippen LogP contribution < -0.4 is 5.32 Å². The molecule has 0 heterocycles. The van der Waals surface area contributed by atoms with Gasteiger partial charge in [0.15, 0.2) is 0 Å². The van der Waals surface area contributed by atoms with Gasteiger partial charge in [-0.3, -0.25) is 0 Å².